The first-order valence-corrected chi connectivity index (χ1v) is 11.2. The molecule has 2 aliphatic heterocycles. The van der Waals surface area contributed by atoms with Crippen molar-refractivity contribution in [2.45, 2.75) is 18.6 Å². The van der Waals surface area contributed by atoms with Gasteiger partial charge in [-0.25, -0.2) is 17.8 Å². The molecule has 0 amide bonds. The minimum Gasteiger partial charge on any atom is -0.354 e. The molecule has 2 aliphatic rings. The quantitative estimate of drug-likeness (QED) is 0.756. The van der Waals surface area contributed by atoms with E-state index >= 15 is 0 Å². The number of rotatable bonds is 5. The van der Waals surface area contributed by atoms with Gasteiger partial charge in [0.15, 0.2) is 0 Å². The third kappa shape index (κ3) is 4.25. The molecule has 7 nitrogen and oxygen atoms in total. The molecule has 0 unspecified atom stereocenters. The fraction of sp³-hybridized carbons (Fsp3) is 0.474. The molecule has 2 fully saturated rings. The number of benzene rings is 1. The van der Waals surface area contributed by atoms with Crippen molar-refractivity contribution in [1.29, 1.82) is 0 Å². The molecule has 4 rings (SSSR count). The van der Waals surface area contributed by atoms with Crippen molar-refractivity contribution in [2.24, 2.45) is 0 Å². The van der Waals surface area contributed by atoms with Gasteiger partial charge in [-0.05, 0) is 36.6 Å². The minimum atomic E-state index is -3.43. The first-order valence-electron chi connectivity index (χ1n) is 9.56. The molecule has 1 aromatic carbocycles. The SMILES string of the molecule is O=S(=O)(Cc1ccc(F)cc1)N1CCN(c2ccnc(N3CCCC3)n2)CC1. The van der Waals surface area contributed by atoms with Gasteiger partial charge in [0.05, 0.1) is 5.75 Å². The van der Waals surface area contributed by atoms with Crippen LogP contribution >= 0.6 is 0 Å². The summed E-state index contributed by atoms with van der Waals surface area (Å²) in [5.41, 5.74) is 0.592. The van der Waals surface area contributed by atoms with E-state index in [-0.39, 0.29) is 11.6 Å². The lowest BCUT2D eigenvalue weighted by Gasteiger charge is -2.35. The fourth-order valence-corrected chi connectivity index (χ4v) is 5.18. The van der Waals surface area contributed by atoms with Gasteiger partial charge >= 0.3 is 0 Å². The zero-order chi connectivity index (χ0) is 19.6. The third-order valence-corrected chi connectivity index (χ3v) is 7.09. The van der Waals surface area contributed by atoms with Gasteiger partial charge in [-0.1, -0.05) is 12.1 Å². The Bertz CT molecular complexity index is 908. The maximum absolute atomic E-state index is 13.0. The first-order chi connectivity index (χ1) is 13.5. The van der Waals surface area contributed by atoms with E-state index in [0.29, 0.717) is 31.7 Å². The molecule has 150 valence electrons. The second-order valence-corrected chi connectivity index (χ2v) is 9.15. The third-order valence-electron chi connectivity index (χ3n) is 5.24. The molecule has 0 radical (unpaired) electrons. The molecule has 0 aliphatic carbocycles. The number of aromatic nitrogens is 2. The number of nitrogens with zero attached hydrogens (tertiary/aromatic N) is 5. The first kappa shape index (κ1) is 19.1. The topological polar surface area (TPSA) is 69.6 Å². The summed E-state index contributed by atoms with van der Waals surface area (Å²) >= 11 is 0. The predicted octanol–water partition coefficient (Wildman–Crippen LogP) is 1.87. The largest absolute Gasteiger partial charge is 0.354 e. The van der Waals surface area contributed by atoms with Crippen LogP contribution in [0.15, 0.2) is 36.5 Å². The average molecular weight is 405 g/mol. The normalized spacial score (nSPS) is 18.6. The van der Waals surface area contributed by atoms with Crippen molar-refractivity contribution in [3.63, 3.8) is 0 Å². The van der Waals surface area contributed by atoms with Crippen LogP contribution in [0.3, 0.4) is 0 Å². The molecule has 2 aromatic rings. The Balaban J connectivity index is 1.39. The lowest BCUT2D eigenvalue weighted by molar-refractivity contribution is 0.383. The van der Waals surface area contributed by atoms with Crippen molar-refractivity contribution >= 4 is 21.8 Å². The van der Waals surface area contributed by atoms with Crippen molar-refractivity contribution in [2.75, 3.05) is 49.1 Å². The molecule has 0 atom stereocenters. The van der Waals surface area contributed by atoms with Crippen LogP contribution in [0.5, 0.6) is 0 Å². The van der Waals surface area contributed by atoms with Crippen LogP contribution in [0, 0.1) is 5.82 Å². The van der Waals surface area contributed by atoms with Gasteiger partial charge in [-0.2, -0.15) is 9.29 Å². The molecule has 0 saturated carbocycles. The van der Waals surface area contributed by atoms with Crippen LogP contribution in [0.25, 0.3) is 0 Å². The van der Waals surface area contributed by atoms with Gasteiger partial charge in [0.2, 0.25) is 16.0 Å². The molecule has 0 N–H and O–H groups in total. The summed E-state index contributed by atoms with van der Waals surface area (Å²) < 4.78 is 39.9. The molecule has 0 spiro atoms. The van der Waals surface area contributed by atoms with Crippen LogP contribution < -0.4 is 9.80 Å². The van der Waals surface area contributed by atoms with Gasteiger partial charge in [0, 0.05) is 45.5 Å². The monoisotopic (exact) mass is 405 g/mol. The van der Waals surface area contributed by atoms with Crippen LogP contribution in [-0.2, 0) is 15.8 Å². The van der Waals surface area contributed by atoms with E-state index in [1.165, 1.54) is 28.6 Å². The summed E-state index contributed by atoms with van der Waals surface area (Å²) in [4.78, 5) is 13.3. The Morgan fingerprint density at radius 2 is 1.57 bits per heavy atom. The summed E-state index contributed by atoms with van der Waals surface area (Å²) in [5, 5.41) is 0. The van der Waals surface area contributed by atoms with Gasteiger partial charge in [0.25, 0.3) is 0 Å². The van der Waals surface area contributed by atoms with Gasteiger partial charge in [-0.15, -0.1) is 0 Å². The zero-order valence-corrected chi connectivity index (χ0v) is 16.5. The van der Waals surface area contributed by atoms with Crippen LogP contribution in [0.2, 0.25) is 0 Å². The highest BCUT2D eigenvalue weighted by atomic mass is 32.2. The van der Waals surface area contributed by atoms with E-state index in [1.54, 1.807) is 6.20 Å². The molecule has 1 aromatic heterocycles. The van der Waals surface area contributed by atoms with Gasteiger partial charge in [0.1, 0.15) is 11.6 Å². The summed E-state index contributed by atoms with van der Waals surface area (Å²) in [6, 6.07) is 7.49. The highest BCUT2D eigenvalue weighted by Gasteiger charge is 2.28. The van der Waals surface area contributed by atoms with Crippen LogP contribution in [-0.4, -0.2) is 62.0 Å². The lowest BCUT2D eigenvalue weighted by Crippen LogP contribution is -2.49. The zero-order valence-electron chi connectivity index (χ0n) is 15.7. The van der Waals surface area contributed by atoms with Crippen molar-refractivity contribution in [1.82, 2.24) is 14.3 Å². The molecule has 2 saturated heterocycles. The Morgan fingerprint density at radius 1 is 0.893 bits per heavy atom. The number of hydrogen-bond acceptors (Lipinski definition) is 6. The molecular formula is C19H24FN5O2S. The maximum atomic E-state index is 13.0. The van der Waals surface area contributed by atoms with E-state index in [0.717, 1.165) is 37.7 Å². The molecule has 0 bridgehead atoms. The van der Waals surface area contributed by atoms with E-state index in [1.807, 2.05) is 6.07 Å². The van der Waals surface area contributed by atoms with E-state index < -0.39 is 10.0 Å². The lowest BCUT2D eigenvalue weighted by atomic mass is 10.2. The number of hydrogen-bond donors (Lipinski definition) is 0. The molecule has 28 heavy (non-hydrogen) atoms. The summed E-state index contributed by atoms with van der Waals surface area (Å²) in [7, 11) is -3.43. The van der Waals surface area contributed by atoms with Crippen molar-refractivity contribution in [3.05, 3.63) is 47.9 Å². The standard InChI is InChI=1S/C19H24FN5O2S/c20-17-5-3-16(4-6-17)15-28(26,27)25-13-11-23(12-14-25)18-7-8-21-19(22-18)24-9-1-2-10-24/h3-8H,1-2,9-15H2. The highest BCUT2D eigenvalue weighted by Crippen LogP contribution is 2.21. The van der Waals surface area contributed by atoms with Crippen molar-refractivity contribution < 1.29 is 12.8 Å². The smallest absolute Gasteiger partial charge is 0.227 e. The number of sulfonamides is 1. The second-order valence-electron chi connectivity index (χ2n) is 7.18. The summed E-state index contributed by atoms with van der Waals surface area (Å²) in [5.74, 6) is 1.11. The number of piperazine rings is 1. The molecule has 3 heterocycles. The fourth-order valence-electron chi connectivity index (χ4n) is 3.66. The van der Waals surface area contributed by atoms with Crippen LogP contribution in [0.4, 0.5) is 16.2 Å². The summed E-state index contributed by atoms with van der Waals surface area (Å²) in [6.07, 6.45) is 4.10. The van der Waals surface area contributed by atoms with Gasteiger partial charge < -0.3 is 9.80 Å². The van der Waals surface area contributed by atoms with Crippen LogP contribution in [0.1, 0.15) is 18.4 Å². The summed E-state index contributed by atoms with van der Waals surface area (Å²) in [6.45, 7) is 3.95. The highest BCUT2D eigenvalue weighted by molar-refractivity contribution is 7.88. The number of anilines is 2. The van der Waals surface area contributed by atoms with E-state index in [4.69, 9.17) is 0 Å². The second kappa shape index (κ2) is 8.00. The molecular weight excluding hydrogens is 381 g/mol. The van der Waals surface area contributed by atoms with Crippen molar-refractivity contribution in [3.8, 4) is 0 Å². The Morgan fingerprint density at radius 3 is 2.25 bits per heavy atom. The predicted molar refractivity (Wildman–Crippen MR) is 106 cm³/mol. The Labute approximate surface area is 164 Å². The average Bonchev–Trinajstić information content (AvgIpc) is 3.25. The van der Waals surface area contributed by atoms with E-state index in [2.05, 4.69) is 19.8 Å². The van der Waals surface area contributed by atoms with E-state index in [9.17, 15) is 12.8 Å². The number of halogens is 1. The van der Waals surface area contributed by atoms with Gasteiger partial charge in [-0.3, -0.25) is 0 Å². The Hall–Kier alpha value is -2.26. The molecule has 9 heteroatoms. The minimum absolute atomic E-state index is 0.111. The maximum Gasteiger partial charge on any atom is 0.227 e. The Kier molecular flexibility index (Phi) is 5.45.